The summed E-state index contributed by atoms with van der Waals surface area (Å²) >= 11 is 0. The first-order chi connectivity index (χ1) is 12.8. The maximum absolute atomic E-state index is 13.5. The number of anilines is 1. The van der Waals surface area contributed by atoms with Crippen LogP contribution in [0.1, 0.15) is 19.3 Å². The number of carbonyl (C=O) groups excluding carboxylic acids is 3. The second-order valence-corrected chi connectivity index (χ2v) is 6.25. The summed E-state index contributed by atoms with van der Waals surface area (Å²) in [6.07, 6.45) is 4.23. The summed E-state index contributed by atoms with van der Waals surface area (Å²) in [5, 5.41) is 0. The first-order valence-electron chi connectivity index (χ1n) is 8.19. The van der Waals surface area contributed by atoms with Gasteiger partial charge in [0, 0.05) is 19.0 Å². The molecule has 0 saturated carbocycles. The number of amides is 3. The molecule has 0 radical (unpaired) electrons. The van der Waals surface area contributed by atoms with Gasteiger partial charge in [0.05, 0.1) is 11.8 Å². The molecule has 2 aliphatic rings. The summed E-state index contributed by atoms with van der Waals surface area (Å²) in [5.74, 6) is -9.06. The summed E-state index contributed by atoms with van der Waals surface area (Å²) in [6, 6.07) is 0.0383. The molecule has 27 heavy (non-hydrogen) atoms. The monoisotopic (exact) mass is 385 g/mol. The molecule has 1 aliphatic carbocycles. The summed E-state index contributed by atoms with van der Waals surface area (Å²) in [7, 11) is 0. The number of hydrogen-bond acceptors (Lipinski definition) is 4. The lowest BCUT2D eigenvalue weighted by molar-refractivity contribution is -0.140. The molecule has 6 nitrogen and oxygen atoms in total. The van der Waals surface area contributed by atoms with Gasteiger partial charge in [-0.15, -0.1) is 0 Å². The van der Waals surface area contributed by atoms with E-state index in [4.69, 9.17) is 0 Å². The largest absolute Gasteiger partial charge is 0.293 e. The van der Waals surface area contributed by atoms with Gasteiger partial charge < -0.3 is 0 Å². The molecule has 3 rings (SSSR count). The van der Waals surface area contributed by atoms with E-state index in [0.29, 0.717) is 12.8 Å². The number of halogens is 4. The van der Waals surface area contributed by atoms with Gasteiger partial charge in [-0.2, -0.15) is 0 Å². The molecule has 3 amide bonds. The van der Waals surface area contributed by atoms with Crippen LogP contribution < -0.4 is 10.9 Å². The third-order valence-corrected chi connectivity index (χ3v) is 4.60. The minimum Gasteiger partial charge on any atom is -0.293 e. The van der Waals surface area contributed by atoms with E-state index in [-0.39, 0.29) is 30.8 Å². The molecular formula is C17H15F4N3O3. The highest BCUT2D eigenvalue weighted by Gasteiger charge is 2.46. The number of rotatable bonds is 5. The average molecular weight is 385 g/mol. The molecule has 2 atom stereocenters. The van der Waals surface area contributed by atoms with E-state index in [1.165, 1.54) is 0 Å². The third-order valence-electron chi connectivity index (χ3n) is 4.60. The number of imide groups is 1. The second-order valence-electron chi connectivity index (χ2n) is 6.25. The van der Waals surface area contributed by atoms with Gasteiger partial charge in [-0.3, -0.25) is 30.1 Å². The van der Waals surface area contributed by atoms with Crippen molar-refractivity contribution >= 4 is 23.4 Å². The van der Waals surface area contributed by atoms with Gasteiger partial charge in [0.25, 0.3) is 0 Å². The first-order valence-corrected chi connectivity index (χ1v) is 8.19. The zero-order valence-corrected chi connectivity index (χ0v) is 13.9. The van der Waals surface area contributed by atoms with Gasteiger partial charge >= 0.3 is 0 Å². The number of carbonyl (C=O) groups is 3. The van der Waals surface area contributed by atoms with E-state index in [0.717, 1.165) is 4.90 Å². The van der Waals surface area contributed by atoms with E-state index in [9.17, 15) is 31.9 Å². The highest BCUT2D eigenvalue weighted by molar-refractivity contribution is 6.05. The lowest BCUT2D eigenvalue weighted by atomic mass is 9.85. The fourth-order valence-corrected chi connectivity index (χ4v) is 3.18. The molecule has 1 aromatic rings. The summed E-state index contributed by atoms with van der Waals surface area (Å²) in [6.45, 7) is -0.208. The van der Waals surface area contributed by atoms with Gasteiger partial charge in [0.2, 0.25) is 17.7 Å². The average Bonchev–Trinajstić information content (AvgIpc) is 2.89. The van der Waals surface area contributed by atoms with Gasteiger partial charge in [-0.25, -0.2) is 17.6 Å². The molecular weight excluding hydrogens is 370 g/mol. The van der Waals surface area contributed by atoms with Crippen LogP contribution in [0.2, 0.25) is 0 Å². The lowest BCUT2D eigenvalue weighted by Crippen LogP contribution is -2.37. The Labute approximate surface area is 151 Å². The van der Waals surface area contributed by atoms with Crippen molar-refractivity contribution in [3.05, 3.63) is 41.5 Å². The molecule has 10 heteroatoms. The molecule has 0 bridgehead atoms. The number of hydrazine groups is 1. The number of likely N-dealkylation sites (tertiary alicyclic amines) is 1. The van der Waals surface area contributed by atoms with Crippen molar-refractivity contribution in [1.29, 1.82) is 0 Å². The van der Waals surface area contributed by atoms with E-state index in [1.807, 2.05) is 17.6 Å². The topological polar surface area (TPSA) is 78.5 Å². The zero-order chi connectivity index (χ0) is 19.7. The Morgan fingerprint density at radius 3 is 2.04 bits per heavy atom. The van der Waals surface area contributed by atoms with Crippen LogP contribution in [-0.2, 0) is 14.4 Å². The third kappa shape index (κ3) is 3.51. The van der Waals surface area contributed by atoms with E-state index in [1.54, 1.807) is 5.43 Å². The molecule has 1 saturated heterocycles. The summed E-state index contributed by atoms with van der Waals surface area (Å²) < 4.78 is 53.2. The number of fused-ring (bicyclic) bond motifs is 1. The van der Waals surface area contributed by atoms with Crippen molar-refractivity contribution in [3.8, 4) is 0 Å². The van der Waals surface area contributed by atoms with Crippen LogP contribution in [0.25, 0.3) is 0 Å². The Morgan fingerprint density at radius 2 is 1.52 bits per heavy atom. The van der Waals surface area contributed by atoms with Crippen molar-refractivity contribution < 1.29 is 31.9 Å². The van der Waals surface area contributed by atoms with Crippen molar-refractivity contribution in [2.45, 2.75) is 19.3 Å². The molecule has 0 spiro atoms. The molecule has 144 valence electrons. The Bertz CT molecular complexity index is 791. The van der Waals surface area contributed by atoms with Crippen LogP contribution in [0.4, 0.5) is 23.2 Å². The minimum atomic E-state index is -1.70. The maximum Gasteiger partial charge on any atom is 0.240 e. The normalized spacial score (nSPS) is 21.4. The molecule has 1 aliphatic heterocycles. The maximum atomic E-state index is 13.5. The smallest absolute Gasteiger partial charge is 0.240 e. The molecule has 2 N–H and O–H groups in total. The molecule has 0 aromatic heterocycles. The molecule has 1 heterocycles. The molecule has 1 fully saturated rings. The van der Waals surface area contributed by atoms with Gasteiger partial charge in [-0.05, 0) is 12.8 Å². The number of allylic oxidation sites excluding steroid dienone is 2. The number of nitrogens with one attached hydrogen (secondary N) is 2. The zero-order valence-electron chi connectivity index (χ0n) is 13.9. The second kappa shape index (κ2) is 7.37. The predicted molar refractivity (Wildman–Crippen MR) is 84.7 cm³/mol. The Balaban J connectivity index is 1.57. The van der Waals surface area contributed by atoms with Crippen molar-refractivity contribution in [2.75, 3.05) is 12.0 Å². The Morgan fingerprint density at radius 1 is 1.00 bits per heavy atom. The van der Waals surface area contributed by atoms with Gasteiger partial charge in [0.1, 0.15) is 5.69 Å². The Kier molecular flexibility index (Phi) is 5.15. The van der Waals surface area contributed by atoms with Crippen LogP contribution in [0.15, 0.2) is 18.2 Å². The summed E-state index contributed by atoms with van der Waals surface area (Å²) in [5.41, 5.74) is 2.48. The fourth-order valence-electron chi connectivity index (χ4n) is 3.18. The van der Waals surface area contributed by atoms with Crippen LogP contribution in [0.3, 0.4) is 0 Å². The van der Waals surface area contributed by atoms with Crippen LogP contribution >= 0.6 is 0 Å². The molecule has 0 unspecified atom stereocenters. The predicted octanol–water partition coefficient (Wildman–Crippen LogP) is 2.03. The minimum absolute atomic E-state index is 0.0383. The van der Waals surface area contributed by atoms with E-state index in [2.05, 4.69) is 0 Å². The number of benzene rings is 1. The lowest BCUT2D eigenvalue weighted by Gasteiger charge is -2.15. The van der Waals surface area contributed by atoms with Crippen LogP contribution in [0.5, 0.6) is 0 Å². The van der Waals surface area contributed by atoms with Crippen molar-refractivity contribution in [1.82, 2.24) is 10.3 Å². The van der Waals surface area contributed by atoms with Crippen LogP contribution in [0, 0.1) is 35.1 Å². The number of hydrogen-bond donors (Lipinski definition) is 2. The summed E-state index contributed by atoms with van der Waals surface area (Å²) in [4.78, 5) is 37.3. The first kappa shape index (κ1) is 18.9. The SMILES string of the molecule is O=C(CCN1C(=O)[C@H]2CC=CC[C@@H]2C1=O)NNc1c(F)c(F)cc(F)c1F. The van der Waals surface area contributed by atoms with E-state index < -0.39 is 46.7 Å². The Hall–Kier alpha value is -2.91. The standard InChI is InChI=1S/C17H15F4N3O3/c18-10-7-11(19)14(21)15(13(10)20)23-22-12(25)5-6-24-16(26)8-3-1-2-4-9(8)17(24)27/h1-2,7-9,23H,3-6H2,(H,22,25)/t8-,9-/m0/s1. The number of nitrogens with zero attached hydrogens (tertiary/aromatic N) is 1. The van der Waals surface area contributed by atoms with Gasteiger partial charge in [-0.1, -0.05) is 12.2 Å². The van der Waals surface area contributed by atoms with Crippen molar-refractivity contribution in [3.63, 3.8) is 0 Å². The van der Waals surface area contributed by atoms with E-state index >= 15 is 0 Å². The highest BCUT2D eigenvalue weighted by Crippen LogP contribution is 2.35. The molecule has 1 aromatic carbocycles. The van der Waals surface area contributed by atoms with Crippen molar-refractivity contribution in [2.24, 2.45) is 11.8 Å². The quantitative estimate of drug-likeness (QED) is 0.267. The fraction of sp³-hybridized carbons (Fsp3) is 0.353. The van der Waals surface area contributed by atoms with Crippen LogP contribution in [-0.4, -0.2) is 29.2 Å². The van der Waals surface area contributed by atoms with Gasteiger partial charge in [0.15, 0.2) is 23.3 Å². The highest BCUT2D eigenvalue weighted by atomic mass is 19.2.